The molecule has 114 valence electrons. The van der Waals surface area contributed by atoms with E-state index in [1.807, 2.05) is 6.92 Å². The van der Waals surface area contributed by atoms with Crippen LogP contribution in [0.3, 0.4) is 0 Å². The lowest BCUT2D eigenvalue weighted by atomic mass is 9.96. The maximum absolute atomic E-state index is 11.5. The molecule has 0 spiro atoms. The third-order valence-corrected chi connectivity index (χ3v) is 3.15. The molecule has 0 heterocycles. The molecule has 5 heteroatoms. The lowest BCUT2D eigenvalue weighted by molar-refractivity contribution is -0.139. The van der Waals surface area contributed by atoms with Gasteiger partial charge in [0.2, 0.25) is 0 Å². The highest BCUT2D eigenvalue weighted by atomic mass is 16.5. The van der Waals surface area contributed by atoms with E-state index in [4.69, 9.17) is 14.9 Å². The second-order valence-corrected chi connectivity index (χ2v) is 4.81. The van der Waals surface area contributed by atoms with E-state index >= 15 is 0 Å². The minimum Gasteiger partial charge on any atom is -0.478 e. The first-order valence-corrected chi connectivity index (χ1v) is 6.73. The smallest absolute Gasteiger partial charge is 0.335 e. The molecular formula is C16H20O5. The Balaban J connectivity index is 2.61. The van der Waals surface area contributed by atoms with Crippen LogP contribution in [-0.2, 0) is 9.53 Å². The van der Waals surface area contributed by atoms with E-state index in [-0.39, 0.29) is 24.7 Å². The van der Waals surface area contributed by atoms with Crippen LogP contribution in [0.15, 0.2) is 35.9 Å². The van der Waals surface area contributed by atoms with Crippen molar-refractivity contribution >= 4 is 11.9 Å². The molecule has 0 bridgehead atoms. The third-order valence-electron chi connectivity index (χ3n) is 3.15. The monoisotopic (exact) mass is 292 g/mol. The molecule has 0 aliphatic heterocycles. The van der Waals surface area contributed by atoms with E-state index in [0.717, 1.165) is 5.56 Å². The zero-order valence-electron chi connectivity index (χ0n) is 12.2. The van der Waals surface area contributed by atoms with Gasteiger partial charge in [0.1, 0.15) is 6.61 Å². The molecule has 0 aromatic heterocycles. The van der Waals surface area contributed by atoms with E-state index in [1.54, 1.807) is 37.3 Å². The molecule has 1 unspecified atom stereocenters. The van der Waals surface area contributed by atoms with Gasteiger partial charge in [0.25, 0.3) is 0 Å². The highest BCUT2D eigenvalue weighted by molar-refractivity contribution is 5.88. The average Bonchev–Trinajstić information content (AvgIpc) is 2.49. The predicted octanol–water partition coefficient (Wildman–Crippen LogP) is 2.36. The zero-order valence-corrected chi connectivity index (χ0v) is 12.2. The number of aliphatic hydroxyl groups excluding tert-OH is 1. The molecule has 0 fully saturated rings. The number of hydrogen-bond donors (Lipinski definition) is 2. The molecule has 1 rings (SSSR count). The van der Waals surface area contributed by atoms with Crippen molar-refractivity contribution in [2.24, 2.45) is 0 Å². The van der Waals surface area contributed by atoms with Crippen LogP contribution in [0.2, 0.25) is 0 Å². The highest BCUT2D eigenvalue weighted by Crippen LogP contribution is 2.21. The summed E-state index contributed by atoms with van der Waals surface area (Å²) >= 11 is 0. The maximum Gasteiger partial charge on any atom is 0.335 e. The fourth-order valence-corrected chi connectivity index (χ4v) is 1.78. The van der Waals surface area contributed by atoms with E-state index in [9.17, 15) is 9.59 Å². The van der Waals surface area contributed by atoms with Gasteiger partial charge in [-0.15, -0.1) is 0 Å². The molecule has 0 saturated carbocycles. The summed E-state index contributed by atoms with van der Waals surface area (Å²) in [5.74, 6) is -1.22. The van der Waals surface area contributed by atoms with Crippen LogP contribution in [0, 0.1) is 0 Å². The van der Waals surface area contributed by atoms with Crippen molar-refractivity contribution in [3.63, 3.8) is 0 Å². The molecule has 0 saturated heterocycles. The van der Waals surface area contributed by atoms with Crippen molar-refractivity contribution in [2.45, 2.75) is 26.2 Å². The van der Waals surface area contributed by atoms with Gasteiger partial charge >= 0.3 is 11.9 Å². The number of rotatable bonds is 7. The average molecular weight is 292 g/mol. The molecule has 0 amide bonds. The molecule has 0 radical (unpaired) electrons. The SMILES string of the molecule is C/C(=C/CC(C)c1ccc(C(=O)O)cc1)C(=O)OCCO. The lowest BCUT2D eigenvalue weighted by Gasteiger charge is -2.10. The summed E-state index contributed by atoms with van der Waals surface area (Å²) in [5.41, 5.74) is 1.76. The van der Waals surface area contributed by atoms with Gasteiger partial charge in [-0.3, -0.25) is 0 Å². The first-order valence-electron chi connectivity index (χ1n) is 6.73. The van der Waals surface area contributed by atoms with Gasteiger partial charge in [0.05, 0.1) is 12.2 Å². The van der Waals surface area contributed by atoms with Crippen LogP contribution in [0.4, 0.5) is 0 Å². The van der Waals surface area contributed by atoms with Gasteiger partial charge in [-0.1, -0.05) is 25.1 Å². The number of carbonyl (C=O) groups is 2. The van der Waals surface area contributed by atoms with E-state index in [0.29, 0.717) is 12.0 Å². The van der Waals surface area contributed by atoms with Gasteiger partial charge in [-0.2, -0.15) is 0 Å². The number of aliphatic hydroxyl groups is 1. The standard InChI is InChI=1S/C16H20O5/c1-11(3-4-12(2)16(20)21-10-9-17)13-5-7-14(8-6-13)15(18)19/h4-8,11,17H,3,9-10H2,1-2H3,(H,18,19)/b12-4-. The third kappa shape index (κ3) is 5.39. The Labute approximate surface area is 123 Å². The van der Waals surface area contributed by atoms with Crippen molar-refractivity contribution in [3.05, 3.63) is 47.0 Å². The second kappa shape index (κ2) is 8.21. The van der Waals surface area contributed by atoms with Crippen molar-refractivity contribution in [3.8, 4) is 0 Å². The van der Waals surface area contributed by atoms with Crippen molar-refractivity contribution in [1.82, 2.24) is 0 Å². The summed E-state index contributed by atoms with van der Waals surface area (Å²) in [6.07, 6.45) is 2.43. The number of ether oxygens (including phenoxy) is 1. The van der Waals surface area contributed by atoms with Gasteiger partial charge in [0, 0.05) is 5.57 Å². The summed E-state index contributed by atoms with van der Waals surface area (Å²) in [4.78, 5) is 22.3. The van der Waals surface area contributed by atoms with Crippen molar-refractivity contribution in [1.29, 1.82) is 0 Å². The predicted molar refractivity (Wildman–Crippen MR) is 78.2 cm³/mol. The number of allylic oxidation sites excluding steroid dienone is 1. The molecule has 1 aromatic carbocycles. The Morgan fingerprint density at radius 2 is 1.90 bits per heavy atom. The summed E-state index contributed by atoms with van der Waals surface area (Å²) in [6, 6.07) is 6.70. The van der Waals surface area contributed by atoms with Gasteiger partial charge in [-0.25, -0.2) is 9.59 Å². The fraction of sp³-hybridized carbons (Fsp3) is 0.375. The number of esters is 1. The number of hydrogen-bond acceptors (Lipinski definition) is 4. The first-order chi connectivity index (χ1) is 9.95. The zero-order chi connectivity index (χ0) is 15.8. The van der Waals surface area contributed by atoms with Gasteiger partial charge in [0.15, 0.2) is 0 Å². The number of aromatic carboxylic acids is 1. The second-order valence-electron chi connectivity index (χ2n) is 4.81. The van der Waals surface area contributed by atoms with Crippen LogP contribution in [0.25, 0.3) is 0 Å². The molecule has 1 atom stereocenters. The minimum atomic E-state index is -0.948. The molecule has 2 N–H and O–H groups in total. The van der Waals surface area contributed by atoms with Crippen molar-refractivity contribution < 1.29 is 24.5 Å². The van der Waals surface area contributed by atoms with E-state index in [1.165, 1.54) is 0 Å². The lowest BCUT2D eigenvalue weighted by Crippen LogP contribution is -2.09. The molecule has 21 heavy (non-hydrogen) atoms. The maximum atomic E-state index is 11.5. The summed E-state index contributed by atoms with van der Waals surface area (Å²) < 4.78 is 4.81. The topological polar surface area (TPSA) is 83.8 Å². The molecule has 1 aromatic rings. The number of carboxylic acids is 1. The molecule has 5 nitrogen and oxygen atoms in total. The van der Waals surface area contributed by atoms with Gasteiger partial charge in [-0.05, 0) is 37.0 Å². The Hall–Kier alpha value is -2.14. The molecular weight excluding hydrogens is 272 g/mol. The van der Waals surface area contributed by atoms with Crippen LogP contribution in [-0.4, -0.2) is 35.4 Å². The number of benzene rings is 1. The minimum absolute atomic E-state index is 0.00375. The summed E-state index contributed by atoms with van der Waals surface area (Å²) in [5, 5.41) is 17.4. The Kier molecular flexibility index (Phi) is 6.62. The Morgan fingerprint density at radius 1 is 1.29 bits per heavy atom. The number of carboxylic acid groups (broad SMARTS) is 1. The van der Waals surface area contributed by atoms with E-state index in [2.05, 4.69) is 0 Å². The normalized spacial score (nSPS) is 12.8. The van der Waals surface area contributed by atoms with Crippen LogP contribution in [0.1, 0.15) is 42.1 Å². The quantitative estimate of drug-likeness (QED) is 0.595. The Morgan fingerprint density at radius 3 is 2.43 bits per heavy atom. The summed E-state index contributed by atoms with van der Waals surface area (Å²) in [6.45, 7) is 3.47. The fourth-order valence-electron chi connectivity index (χ4n) is 1.78. The van der Waals surface area contributed by atoms with Crippen LogP contribution >= 0.6 is 0 Å². The van der Waals surface area contributed by atoms with Crippen LogP contribution < -0.4 is 0 Å². The molecule has 0 aliphatic carbocycles. The Bertz CT molecular complexity index is 516. The first kappa shape index (κ1) is 16.9. The van der Waals surface area contributed by atoms with Crippen molar-refractivity contribution in [2.75, 3.05) is 13.2 Å². The summed E-state index contributed by atoms with van der Waals surface area (Å²) in [7, 11) is 0. The largest absolute Gasteiger partial charge is 0.478 e. The molecule has 0 aliphatic rings. The highest BCUT2D eigenvalue weighted by Gasteiger charge is 2.09. The van der Waals surface area contributed by atoms with E-state index < -0.39 is 11.9 Å². The number of carbonyl (C=O) groups excluding carboxylic acids is 1. The van der Waals surface area contributed by atoms with Gasteiger partial charge < -0.3 is 14.9 Å². The van der Waals surface area contributed by atoms with Crippen LogP contribution in [0.5, 0.6) is 0 Å².